The molecule has 0 saturated carbocycles. The predicted molar refractivity (Wildman–Crippen MR) is 84.4 cm³/mol. The lowest BCUT2D eigenvalue weighted by atomic mass is 9.99. The standard InChI is InChI=1S/C17H28N2O/c1-4-17(3)14-19(10-6-9-18-17)11-12-20-16-8-5-7-15(2)13-16/h5,7-8,13,18H,4,6,9-12,14H2,1-3H3. The first-order chi connectivity index (χ1) is 9.61. The molecule has 1 unspecified atom stereocenters. The van der Waals surface area contributed by atoms with Crippen LogP contribution in [-0.4, -0.2) is 43.2 Å². The largest absolute Gasteiger partial charge is 0.492 e. The van der Waals surface area contributed by atoms with E-state index in [9.17, 15) is 0 Å². The van der Waals surface area contributed by atoms with Crippen molar-refractivity contribution < 1.29 is 4.74 Å². The zero-order valence-electron chi connectivity index (χ0n) is 13.1. The summed E-state index contributed by atoms with van der Waals surface area (Å²) >= 11 is 0. The molecule has 0 aliphatic carbocycles. The molecule has 1 aliphatic heterocycles. The highest BCUT2D eigenvalue weighted by Gasteiger charge is 2.26. The minimum Gasteiger partial charge on any atom is -0.492 e. The first-order valence-corrected chi connectivity index (χ1v) is 7.78. The summed E-state index contributed by atoms with van der Waals surface area (Å²) in [6.07, 6.45) is 2.39. The van der Waals surface area contributed by atoms with E-state index in [0.717, 1.165) is 32.0 Å². The van der Waals surface area contributed by atoms with Gasteiger partial charge >= 0.3 is 0 Å². The Morgan fingerprint density at radius 3 is 3.00 bits per heavy atom. The van der Waals surface area contributed by atoms with Crippen LogP contribution in [0.15, 0.2) is 24.3 Å². The number of hydrogen-bond donors (Lipinski definition) is 1. The fraction of sp³-hybridized carbons (Fsp3) is 0.647. The summed E-state index contributed by atoms with van der Waals surface area (Å²) in [6, 6.07) is 8.28. The van der Waals surface area contributed by atoms with Crippen molar-refractivity contribution in [2.45, 2.75) is 39.2 Å². The fourth-order valence-electron chi connectivity index (χ4n) is 2.75. The molecular weight excluding hydrogens is 248 g/mol. The molecule has 1 N–H and O–H groups in total. The number of rotatable bonds is 5. The van der Waals surface area contributed by atoms with E-state index < -0.39 is 0 Å². The van der Waals surface area contributed by atoms with Gasteiger partial charge in [0.25, 0.3) is 0 Å². The van der Waals surface area contributed by atoms with Crippen LogP contribution in [-0.2, 0) is 0 Å². The second-order valence-electron chi connectivity index (χ2n) is 6.14. The fourth-order valence-corrected chi connectivity index (χ4v) is 2.75. The predicted octanol–water partition coefficient (Wildman–Crippen LogP) is 2.84. The lowest BCUT2D eigenvalue weighted by molar-refractivity contribution is 0.178. The number of benzene rings is 1. The Balaban J connectivity index is 1.81. The van der Waals surface area contributed by atoms with E-state index in [0.29, 0.717) is 0 Å². The second kappa shape index (κ2) is 7.09. The zero-order valence-corrected chi connectivity index (χ0v) is 13.1. The Kier molecular flexibility index (Phi) is 5.44. The molecule has 2 rings (SSSR count). The summed E-state index contributed by atoms with van der Waals surface area (Å²) in [5, 5.41) is 3.67. The van der Waals surface area contributed by atoms with Crippen LogP contribution in [0.1, 0.15) is 32.3 Å². The van der Waals surface area contributed by atoms with Gasteiger partial charge in [0, 0.05) is 18.6 Å². The number of aryl methyl sites for hydroxylation is 1. The third kappa shape index (κ3) is 4.50. The average Bonchev–Trinajstić information content (AvgIpc) is 2.62. The molecule has 0 aromatic heterocycles. The molecule has 20 heavy (non-hydrogen) atoms. The summed E-state index contributed by atoms with van der Waals surface area (Å²) < 4.78 is 5.87. The molecule has 3 heteroatoms. The number of hydrogen-bond acceptors (Lipinski definition) is 3. The van der Waals surface area contributed by atoms with Crippen molar-refractivity contribution >= 4 is 0 Å². The van der Waals surface area contributed by atoms with Gasteiger partial charge in [0.2, 0.25) is 0 Å². The van der Waals surface area contributed by atoms with Crippen LogP contribution >= 0.6 is 0 Å². The molecule has 0 radical (unpaired) electrons. The topological polar surface area (TPSA) is 24.5 Å². The van der Waals surface area contributed by atoms with Gasteiger partial charge in [-0.3, -0.25) is 4.90 Å². The Morgan fingerprint density at radius 1 is 1.40 bits per heavy atom. The highest BCUT2D eigenvalue weighted by atomic mass is 16.5. The van der Waals surface area contributed by atoms with Crippen molar-refractivity contribution in [1.82, 2.24) is 10.2 Å². The average molecular weight is 276 g/mol. The van der Waals surface area contributed by atoms with Crippen molar-refractivity contribution in [2.75, 3.05) is 32.8 Å². The first-order valence-electron chi connectivity index (χ1n) is 7.78. The van der Waals surface area contributed by atoms with Gasteiger partial charge < -0.3 is 10.1 Å². The second-order valence-corrected chi connectivity index (χ2v) is 6.14. The molecule has 1 saturated heterocycles. The molecule has 0 bridgehead atoms. The Bertz CT molecular complexity index is 421. The molecule has 1 fully saturated rings. The van der Waals surface area contributed by atoms with Gasteiger partial charge in [0.05, 0.1) is 0 Å². The van der Waals surface area contributed by atoms with Gasteiger partial charge in [0.15, 0.2) is 0 Å². The highest BCUT2D eigenvalue weighted by Crippen LogP contribution is 2.16. The number of ether oxygens (including phenoxy) is 1. The van der Waals surface area contributed by atoms with Crippen molar-refractivity contribution in [3.63, 3.8) is 0 Å². The molecular formula is C17H28N2O. The minimum absolute atomic E-state index is 0.250. The molecule has 1 aromatic carbocycles. The third-order valence-electron chi connectivity index (χ3n) is 4.22. The lowest BCUT2D eigenvalue weighted by Crippen LogP contribution is -2.49. The van der Waals surface area contributed by atoms with E-state index in [1.165, 1.54) is 24.9 Å². The molecule has 0 amide bonds. The third-order valence-corrected chi connectivity index (χ3v) is 4.22. The van der Waals surface area contributed by atoms with Crippen molar-refractivity contribution in [2.24, 2.45) is 0 Å². The maximum atomic E-state index is 5.87. The summed E-state index contributed by atoms with van der Waals surface area (Å²) in [4.78, 5) is 2.53. The van der Waals surface area contributed by atoms with Crippen LogP contribution < -0.4 is 10.1 Å². The van der Waals surface area contributed by atoms with E-state index in [2.05, 4.69) is 49.2 Å². The normalized spacial score (nSPS) is 24.4. The SMILES string of the molecule is CCC1(C)CN(CCOc2cccc(C)c2)CCCN1. The van der Waals surface area contributed by atoms with Crippen molar-refractivity contribution in [3.05, 3.63) is 29.8 Å². The molecule has 3 nitrogen and oxygen atoms in total. The van der Waals surface area contributed by atoms with Crippen LogP contribution in [0.3, 0.4) is 0 Å². The summed E-state index contributed by atoms with van der Waals surface area (Å²) in [6.45, 7) is 11.9. The van der Waals surface area contributed by atoms with E-state index in [1.807, 2.05) is 6.07 Å². The van der Waals surface area contributed by atoms with Gasteiger partial charge in [-0.1, -0.05) is 19.1 Å². The van der Waals surface area contributed by atoms with Crippen molar-refractivity contribution in [1.29, 1.82) is 0 Å². The van der Waals surface area contributed by atoms with Gasteiger partial charge in [-0.2, -0.15) is 0 Å². The monoisotopic (exact) mass is 276 g/mol. The zero-order chi connectivity index (χ0) is 14.4. The van der Waals surface area contributed by atoms with Crippen molar-refractivity contribution in [3.8, 4) is 5.75 Å². The van der Waals surface area contributed by atoms with Gasteiger partial charge in [-0.15, -0.1) is 0 Å². The lowest BCUT2D eigenvalue weighted by Gasteiger charge is -2.32. The van der Waals surface area contributed by atoms with Gasteiger partial charge in [0.1, 0.15) is 12.4 Å². The summed E-state index contributed by atoms with van der Waals surface area (Å²) in [7, 11) is 0. The van der Waals surface area contributed by atoms with Gasteiger partial charge in [-0.05, 0) is 57.5 Å². The first kappa shape index (κ1) is 15.3. The van der Waals surface area contributed by atoms with E-state index >= 15 is 0 Å². The smallest absolute Gasteiger partial charge is 0.119 e. The minimum atomic E-state index is 0.250. The van der Waals surface area contributed by atoms with E-state index in [1.54, 1.807) is 0 Å². The molecule has 1 aliphatic rings. The number of nitrogens with one attached hydrogen (secondary N) is 1. The van der Waals surface area contributed by atoms with Crippen LogP contribution in [0.25, 0.3) is 0 Å². The molecule has 0 spiro atoms. The summed E-state index contributed by atoms with van der Waals surface area (Å²) in [5.41, 5.74) is 1.50. The van der Waals surface area contributed by atoms with Crippen LogP contribution in [0.4, 0.5) is 0 Å². The Hall–Kier alpha value is -1.06. The molecule has 112 valence electrons. The highest BCUT2D eigenvalue weighted by molar-refractivity contribution is 5.27. The maximum Gasteiger partial charge on any atom is 0.119 e. The molecule has 1 heterocycles. The van der Waals surface area contributed by atoms with E-state index in [4.69, 9.17) is 4.74 Å². The van der Waals surface area contributed by atoms with Crippen LogP contribution in [0.5, 0.6) is 5.75 Å². The molecule has 1 aromatic rings. The Labute approximate surface area is 123 Å². The van der Waals surface area contributed by atoms with Crippen LogP contribution in [0, 0.1) is 6.92 Å². The van der Waals surface area contributed by atoms with Crippen LogP contribution in [0.2, 0.25) is 0 Å². The van der Waals surface area contributed by atoms with Gasteiger partial charge in [-0.25, -0.2) is 0 Å². The summed E-state index contributed by atoms with van der Waals surface area (Å²) in [5.74, 6) is 0.983. The Morgan fingerprint density at radius 2 is 2.25 bits per heavy atom. The number of nitrogens with zero attached hydrogens (tertiary/aromatic N) is 1. The van der Waals surface area contributed by atoms with E-state index in [-0.39, 0.29) is 5.54 Å². The quantitative estimate of drug-likeness (QED) is 0.895. The molecule has 1 atom stereocenters. The maximum absolute atomic E-state index is 5.87.